The Morgan fingerprint density at radius 3 is 1.62 bits per heavy atom. The zero-order valence-corrected chi connectivity index (χ0v) is 15.8. The number of methoxy groups -OCH3 is 1. The summed E-state index contributed by atoms with van der Waals surface area (Å²) < 4.78 is 60.1. The third-order valence-corrected chi connectivity index (χ3v) is 5.72. The van der Waals surface area contributed by atoms with Crippen LogP contribution in [0.4, 0.5) is 0 Å². The number of hydrogen-bond acceptors (Lipinski definition) is 9. The first-order valence-electron chi connectivity index (χ1n) is 7.30. The lowest BCUT2D eigenvalue weighted by Crippen LogP contribution is -2.26. The lowest BCUT2D eigenvalue weighted by Gasteiger charge is -2.11. The first-order valence-corrected chi connectivity index (χ1v) is 10.5. The monoisotopic (exact) mass is 388 g/mol. The van der Waals surface area contributed by atoms with Crippen LogP contribution < -0.4 is 0 Å². The van der Waals surface area contributed by atoms with Crippen LogP contribution in [-0.2, 0) is 42.9 Å². The molecule has 0 rings (SSSR count). The third-order valence-electron chi connectivity index (χ3n) is 2.98. The Morgan fingerprint density at radius 1 is 0.833 bits per heavy atom. The summed E-state index contributed by atoms with van der Waals surface area (Å²) in [6.07, 6.45) is -1.64. The molecule has 0 heterocycles. The summed E-state index contributed by atoms with van der Waals surface area (Å²) in [4.78, 5) is 22.1. The smallest absolute Gasteiger partial charge is 0.336 e. The molecule has 2 atom stereocenters. The number of esters is 1. The number of Topliss-reactive ketones (excluding diaryl/α,β-unsaturated/α-hetero) is 1. The van der Waals surface area contributed by atoms with Gasteiger partial charge in [-0.3, -0.25) is 13.2 Å². The van der Waals surface area contributed by atoms with Gasteiger partial charge in [0, 0.05) is 0 Å². The van der Waals surface area contributed by atoms with E-state index in [1.807, 2.05) is 0 Å². The van der Waals surface area contributed by atoms with Crippen LogP contribution in [0.5, 0.6) is 0 Å². The van der Waals surface area contributed by atoms with Crippen LogP contribution in [-0.4, -0.2) is 59.4 Å². The van der Waals surface area contributed by atoms with Gasteiger partial charge >= 0.3 is 5.97 Å². The Morgan fingerprint density at radius 2 is 1.25 bits per heavy atom. The lowest BCUT2D eigenvalue weighted by molar-refractivity contribution is -0.147. The van der Waals surface area contributed by atoms with Gasteiger partial charge in [-0.05, 0) is 33.6 Å². The lowest BCUT2D eigenvalue weighted by atomic mass is 10.3. The van der Waals surface area contributed by atoms with Gasteiger partial charge < -0.3 is 4.74 Å². The molecule has 11 heteroatoms. The van der Waals surface area contributed by atoms with Gasteiger partial charge in [0.2, 0.25) is 0 Å². The van der Waals surface area contributed by atoms with Gasteiger partial charge in [-0.15, -0.1) is 0 Å². The van der Waals surface area contributed by atoms with E-state index in [2.05, 4.69) is 13.1 Å². The predicted molar refractivity (Wildman–Crippen MR) is 85.2 cm³/mol. The summed E-state index contributed by atoms with van der Waals surface area (Å²) in [5.41, 5.74) is 0. The number of carbonyl (C=O) groups excluding carboxylic acids is 2. The van der Waals surface area contributed by atoms with E-state index >= 15 is 0 Å². The summed E-state index contributed by atoms with van der Waals surface area (Å²) in [6.45, 7) is 3.82. The van der Waals surface area contributed by atoms with Crippen molar-refractivity contribution < 1.29 is 39.5 Å². The highest BCUT2D eigenvalue weighted by atomic mass is 32.2. The first kappa shape index (κ1) is 23.0. The molecule has 0 fully saturated rings. The van der Waals surface area contributed by atoms with Crippen molar-refractivity contribution in [1.82, 2.24) is 0 Å². The Balaban J connectivity index is 4.17. The average molecular weight is 388 g/mol. The van der Waals surface area contributed by atoms with Crippen LogP contribution in [0.25, 0.3) is 0 Å². The molecule has 0 aromatic heterocycles. The maximum absolute atomic E-state index is 11.6. The molecule has 0 aromatic carbocycles. The molecule has 0 aliphatic carbocycles. The number of ether oxygens (including phenoxy) is 1. The number of hydrogen-bond donors (Lipinski definition) is 0. The van der Waals surface area contributed by atoms with Crippen molar-refractivity contribution in [2.45, 2.75) is 52.2 Å². The molecule has 0 aromatic rings. The number of ketones is 1. The molecule has 0 amide bonds. The molecule has 24 heavy (non-hydrogen) atoms. The molecule has 9 nitrogen and oxygen atoms in total. The van der Waals surface area contributed by atoms with E-state index < -0.39 is 44.2 Å². The quantitative estimate of drug-likeness (QED) is 0.265. The topological polar surface area (TPSA) is 130 Å². The van der Waals surface area contributed by atoms with Crippen molar-refractivity contribution in [3.05, 3.63) is 0 Å². The van der Waals surface area contributed by atoms with E-state index in [-0.39, 0.29) is 24.3 Å². The minimum atomic E-state index is -3.91. The normalized spacial score (nSPS) is 14.8. The molecule has 0 saturated heterocycles. The van der Waals surface area contributed by atoms with Crippen molar-refractivity contribution in [3.63, 3.8) is 0 Å². The molecule has 0 aliphatic rings. The number of unbranched alkanes of at least 4 members (excludes halogenated alkanes) is 2. The maximum Gasteiger partial charge on any atom is 0.336 e. The summed E-state index contributed by atoms with van der Waals surface area (Å²) in [5, 5.41) is 0. The number of carbonyl (C=O) groups is 2. The van der Waals surface area contributed by atoms with Gasteiger partial charge in [-0.25, -0.2) is 4.79 Å². The standard InChI is InChI=1S/C13H24O9S2/c1-10(14)11(2)21-23(16,17)8-6-5-7-9-24(18,19)22-12(3)13(15)20-4/h11-12H,5-9H2,1-4H3. The second kappa shape index (κ2) is 10.1. The minimum Gasteiger partial charge on any atom is -0.467 e. The fourth-order valence-electron chi connectivity index (χ4n) is 1.54. The highest BCUT2D eigenvalue weighted by Gasteiger charge is 2.22. The summed E-state index contributed by atoms with van der Waals surface area (Å²) in [6, 6.07) is 0. The van der Waals surface area contributed by atoms with Crippen molar-refractivity contribution in [1.29, 1.82) is 0 Å². The van der Waals surface area contributed by atoms with E-state index in [0.29, 0.717) is 6.42 Å². The van der Waals surface area contributed by atoms with Crippen LogP contribution in [0.2, 0.25) is 0 Å². The molecule has 0 saturated carbocycles. The van der Waals surface area contributed by atoms with Crippen molar-refractivity contribution in [3.8, 4) is 0 Å². The molecule has 0 radical (unpaired) electrons. The van der Waals surface area contributed by atoms with E-state index in [0.717, 1.165) is 7.11 Å². The molecular weight excluding hydrogens is 364 g/mol. The van der Waals surface area contributed by atoms with Gasteiger partial charge in [0.1, 0.15) is 6.10 Å². The molecular formula is C13H24O9S2. The molecule has 0 bridgehead atoms. The second-order valence-electron chi connectivity index (χ2n) is 5.19. The largest absolute Gasteiger partial charge is 0.467 e. The van der Waals surface area contributed by atoms with E-state index in [1.165, 1.54) is 20.8 Å². The van der Waals surface area contributed by atoms with Crippen molar-refractivity contribution in [2.75, 3.05) is 18.6 Å². The van der Waals surface area contributed by atoms with Crippen LogP contribution in [0.1, 0.15) is 40.0 Å². The van der Waals surface area contributed by atoms with Gasteiger partial charge in [0.25, 0.3) is 20.2 Å². The summed E-state index contributed by atoms with van der Waals surface area (Å²) in [5.74, 6) is -1.87. The van der Waals surface area contributed by atoms with Gasteiger partial charge in [-0.1, -0.05) is 6.42 Å². The highest BCUT2D eigenvalue weighted by Crippen LogP contribution is 2.09. The summed E-state index contributed by atoms with van der Waals surface area (Å²) >= 11 is 0. The predicted octanol–water partition coefficient (Wildman–Crippen LogP) is 0.388. The second-order valence-corrected chi connectivity index (χ2v) is 8.63. The molecule has 0 N–H and O–H groups in total. The van der Waals surface area contributed by atoms with Gasteiger partial charge in [0.15, 0.2) is 11.9 Å². The van der Waals surface area contributed by atoms with Crippen molar-refractivity contribution >= 4 is 32.0 Å². The molecule has 0 spiro atoms. The van der Waals surface area contributed by atoms with Crippen molar-refractivity contribution in [2.24, 2.45) is 0 Å². The first-order chi connectivity index (χ1) is 10.9. The average Bonchev–Trinajstić information content (AvgIpc) is 2.44. The van der Waals surface area contributed by atoms with E-state index in [1.54, 1.807) is 0 Å². The van der Waals surface area contributed by atoms with Crippen LogP contribution in [0, 0.1) is 0 Å². The van der Waals surface area contributed by atoms with E-state index in [4.69, 9.17) is 0 Å². The molecule has 0 aliphatic heterocycles. The zero-order valence-electron chi connectivity index (χ0n) is 14.2. The Kier molecular flexibility index (Phi) is 9.63. The van der Waals surface area contributed by atoms with Crippen LogP contribution in [0.15, 0.2) is 0 Å². The number of rotatable bonds is 12. The fourth-order valence-corrected chi connectivity index (χ4v) is 3.95. The highest BCUT2D eigenvalue weighted by molar-refractivity contribution is 7.87. The van der Waals surface area contributed by atoms with Gasteiger partial charge in [0.05, 0.1) is 18.6 Å². The van der Waals surface area contributed by atoms with E-state index in [9.17, 15) is 26.4 Å². The fraction of sp³-hybridized carbons (Fsp3) is 0.846. The molecule has 2 unspecified atom stereocenters. The van der Waals surface area contributed by atoms with Crippen LogP contribution in [0.3, 0.4) is 0 Å². The third kappa shape index (κ3) is 9.96. The Hall–Kier alpha value is -1.04. The summed E-state index contributed by atoms with van der Waals surface area (Å²) in [7, 11) is -6.63. The van der Waals surface area contributed by atoms with Gasteiger partial charge in [-0.2, -0.15) is 16.8 Å². The molecule has 142 valence electrons. The maximum atomic E-state index is 11.6. The Bertz CT molecular complexity index is 622. The Labute approximate surface area is 142 Å². The minimum absolute atomic E-state index is 0.161. The SMILES string of the molecule is COC(=O)C(C)OS(=O)(=O)CCCCCS(=O)(=O)OC(C)C(C)=O. The zero-order chi connectivity index (χ0) is 19.0. The van der Waals surface area contributed by atoms with Crippen LogP contribution >= 0.6 is 0 Å².